The molecule has 1 fully saturated rings. The van der Waals surface area contributed by atoms with Gasteiger partial charge in [-0.2, -0.15) is 0 Å². The predicted octanol–water partition coefficient (Wildman–Crippen LogP) is 3.77. The average Bonchev–Trinajstić information content (AvgIpc) is 3.15. The zero-order valence-electron chi connectivity index (χ0n) is 19.6. The van der Waals surface area contributed by atoms with Gasteiger partial charge in [-0.15, -0.1) is 0 Å². The van der Waals surface area contributed by atoms with E-state index in [0.29, 0.717) is 51.3 Å². The molecule has 8 nitrogen and oxygen atoms in total. The highest BCUT2D eigenvalue weighted by Gasteiger charge is 2.25. The van der Waals surface area contributed by atoms with Crippen LogP contribution in [0.5, 0.6) is 0 Å². The summed E-state index contributed by atoms with van der Waals surface area (Å²) in [6.45, 7) is 7.70. The Kier molecular flexibility index (Phi) is 8.52. The number of hydrogen-bond acceptors (Lipinski definition) is 5. The van der Waals surface area contributed by atoms with Crippen molar-refractivity contribution in [3.8, 4) is 11.3 Å². The number of carbonyl (C=O) groups excluding carboxylic acids is 3. The van der Waals surface area contributed by atoms with Crippen LogP contribution in [-0.4, -0.2) is 59.8 Å². The molecule has 0 aliphatic carbocycles. The molecule has 2 heterocycles. The van der Waals surface area contributed by atoms with Gasteiger partial charge in [0.05, 0.1) is 18.8 Å². The topological polar surface area (TPSA) is 89.9 Å². The first kappa shape index (κ1) is 24.4. The van der Waals surface area contributed by atoms with Crippen molar-refractivity contribution in [1.29, 1.82) is 0 Å². The number of nitrogens with one attached hydrogen (secondary N) is 1. The van der Waals surface area contributed by atoms with Crippen LogP contribution in [0.1, 0.15) is 49.2 Å². The van der Waals surface area contributed by atoms with Crippen LogP contribution in [-0.2, 0) is 20.8 Å². The van der Waals surface area contributed by atoms with Crippen LogP contribution in [0.2, 0.25) is 0 Å². The molecule has 1 aliphatic rings. The van der Waals surface area contributed by atoms with E-state index in [0.717, 1.165) is 17.0 Å². The number of amides is 2. The number of hydrogen-bond donors (Lipinski definition) is 1. The Morgan fingerprint density at radius 2 is 1.70 bits per heavy atom. The minimum atomic E-state index is -0.358. The van der Waals surface area contributed by atoms with E-state index >= 15 is 0 Å². The van der Waals surface area contributed by atoms with Gasteiger partial charge in [0.25, 0.3) is 0 Å². The zero-order chi connectivity index (χ0) is 23.8. The highest BCUT2D eigenvalue weighted by molar-refractivity contribution is 5.92. The summed E-state index contributed by atoms with van der Waals surface area (Å²) in [5, 5.41) is 3.09. The molecule has 1 N–H and O–H groups in total. The maximum Gasteiger partial charge on any atom is 0.409 e. The molecule has 8 heteroatoms. The summed E-state index contributed by atoms with van der Waals surface area (Å²) in [6.07, 6.45) is 1.40. The van der Waals surface area contributed by atoms with Crippen LogP contribution in [0.3, 0.4) is 0 Å². The zero-order valence-corrected chi connectivity index (χ0v) is 19.6. The second-order valence-electron chi connectivity index (χ2n) is 8.04. The summed E-state index contributed by atoms with van der Waals surface area (Å²) < 4.78 is 12.3. The molecule has 2 amide bonds. The molecule has 0 atom stereocenters. The second-order valence-corrected chi connectivity index (χ2v) is 8.04. The third-order valence-corrected chi connectivity index (χ3v) is 5.88. The number of esters is 1. The first-order valence-electron chi connectivity index (χ1n) is 11.6. The molecule has 1 aromatic heterocycles. The Hall–Kier alpha value is -3.29. The minimum Gasteiger partial charge on any atom is -0.462 e. The summed E-state index contributed by atoms with van der Waals surface area (Å²) in [5.74, 6) is -0.405. The van der Waals surface area contributed by atoms with E-state index in [2.05, 4.69) is 5.32 Å². The lowest BCUT2D eigenvalue weighted by atomic mass is 10.1. The third kappa shape index (κ3) is 6.15. The van der Waals surface area contributed by atoms with E-state index < -0.39 is 0 Å². The molecule has 1 saturated heterocycles. The van der Waals surface area contributed by atoms with E-state index in [1.165, 1.54) is 0 Å². The molecule has 0 spiro atoms. The Bertz CT molecular complexity index is 962. The van der Waals surface area contributed by atoms with Gasteiger partial charge in [0.1, 0.15) is 0 Å². The Morgan fingerprint density at radius 1 is 1.03 bits per heavy atom. The van der Waals surface area contributed by atoms with Crippen molar-refractivity contribution in [2.24, 2.45) is 0 Å². The predicted molar refractivity (Wildman–Crippen MR) is 125 cm³/mol. The van der Waals surface area contributed by atoms with Gasteiger partial charge < -0.3 is 24.3 Å². The van der Waals surface area contributed by atoms with Gasteiger partial charge in [0.15, 0.2) is 0 Å². The van der Waals surface area contributed by atoms with Gasteiger partial charge in [-0.3, -0.25) is 4.79 Å². The summed E-state index contributed by atoms with van der Waals surface area (Å²) in [5.41, 5.74) is 3.15. The van der Waals surface area contributed by atoms with E-state index in [1.807, 2.05) is 47.9 Å². The normalized spacial score (nSPS) is 14.1. The van der Waals surface area contributed by atoms with Crippen molar-refractivity contribution in [3.05, 3.63) is 47.7 Å². The quantitative estimate of drug-likeness (QED) is 0.612. The number of benzene rings is 1. The summed E-state index contributed by atoms with van der Waals surface area (Å²) in [4.78, 5) is 38.6. The highest BCUT2D eigenvalue weighted by Crippen LogP contribution is 2.27. The molecular weight excluding hydrogens is 422 g/mol. The van der Waals surface area contributed by atoms with Crippen LogP contribution in [0.4, 0.5) is 4.79 Å². The Balaban J connectivity index is 1.64. The van der Waals surface area contributed by atoms with Gasteiger partial charge >= 0.3 is 12.1 Å². The first-order chi connectivity index (χ1) is 15.9. The standard InChI is InChI=1S/C25H33N3O5/c1-4-32-24(30)21-17-22(19-9-7-6-8-10-19)28(18(21)3)16-13-23(29)26-20-11-14-27(15-12-20)25(31)33-5-2/h6-10,17,20H,4-5,11-16H2,1-3H3,(H,26,29). The Morgan fingerprint density at radius 3 is 2.33 bits per heavy atom. The summed E-state index contributed by atoms with van der Waals surface area (Å²) >= 11 is 0. The lowest BCUT2D eigenvalue weighted by molar-refractivity contribution is -0.122. The molecule has 0 unspecified atom stereocenters. The van der Waals surface area contributed by atoms with Crippen molar-refractivity contribution in [2.45, 2.75) is 52.6 Å². The second kappa shape index (κ2) is 11.5. The minimum absolute atomic E-state index is 0.0395. The van der Waals surface area contributed by atoms with E-state index in [-0.39, 0.29) is 30.4 Å². The molecular formula is C25H33N3O5. The molecule has 1 aromatic carbocycles. The first-order valence-corrected chi connectivity index (χ1v) is 11.6. The molecule has 33 heavy (non-hydrogen) atoms. The maximum absolute atomic E-state index is 12.7. The van der Waals surface area contributed by atoms with Gasteiger partial charge in [-0.25, -0.2) is 9.59 Å². The van der Waals surface area contributed by atoms with Crippen LogP contribution in [0, 0.1) is 6.92 Å². The summed E-state index contributed by atoms with van der Waals surface area (Å²) in [6, 6.07) is 11.7. The van der Waals surface area contributed by atoms with Gasteiger partial charge in [0, 0.05) is 43.5 Å². The average molecular weight is 456 g/mol. The number of nitrogens with zero attached hydrogens (tertiary/aromatic N) is 2. The van der Waals surface area contributed by atoms with Gasteiger partial charge in [0.2, 0.25) is 5.91 Å². The SMILES string of the molecule is CCOC(=O)c1cc(-c2ccccc2)n(CCC(=O)NC2CCN(C(=O)OCC)CC2)c1C. The molecule has 1 aliphatic heterocycles. The summed E-state index contributed by atoms with van der Waals surface area (Å²) in [7, 11) is 0. The monoisotopic (exact) mass is 455 g/mol. The van der Waals surface area contributed by atoms with Crippen LogP contribution < -0.4 is 5.32 Å². The van der Waals surface area contributed by atoms with Crippen molar-refractivity contribution >= 4 is 18.0 Å². The molecule has 2 aromatic rings. The number of aromatic nitrogens is 1. The largest absolute Gasteiger partial charge is 0.462 e. The highest BCUT2D eigenvalue weighted by atomic mass is 16.6. The van der Waals surface area contributed by atoms with Crippen molar-refractivity contribution in [2.75, 3.05) is 26.3 Å². The molecule has 3 rings (SSSR count). The molecule has 178 valence electrons. The fourth-order valence-electron chi connectivity index (χ4n) is 4.13. The van der Waals surface area contributed by atoms with Crippen molar-refractivity contribution in [3.63, 3.8) is 0 Å². The number of likely N-dealkylation sites (tertiary alicyclic amines) is 1. The van der Waals surface area contributed by atoms with Crippen LogP contribution in [0.25, 0.3) is 11.3 Å². The number of ether oxygens (including phenoxy) is 2. The number of rotatable bonds is 8. The molecule has 0 radical (unpaired) electrons. The Labute approximate surface area is 194 Å². The third-order valence-electron chi connectivity index (χ3n) is 5.88. The number of piperidine rings is 1. The fourth-order valence-corrected chi connectivity index (χ4v) is 4.13. The van der Waals surface area contributed by atoms with E-state index in [4.69, 9.17) is 9.47 Å². The van der Waals surface area contributed by atoms with Gasteiger partial charge in [-0.1, -0.05) is 30.3 Å². The van der Waals surface area contributed by atoms with Crippen molar-refractivity contribution in [1.82, 2.24) is 14.8 Å². The van der Waals surface area contributed by atoms with Gasteiger partial charge in [-0.05, 0) is 45.2 Å². The fraction of sp³-hybridized carbons (Fsp3) is 0.480. The van der Waals surface area contributed by atoms with Crippen LogP contribution in [0.15, 0.2) is 36.4 Å². The van der Waals surface area contributed by atoms with Crippen LogP contribution >= 0.6 is 0 Å². The smallest absolute Gasteiger partial charge is 0.409 e. The van der Waals surface area contributed by atoms with E-state index in [9.17, 15) is 14.4 Å². The van der Waals surface area contributed by atoms with E-state index in [1.54, 1.807) is 18.7 Å². The molecule has 0 bridgehead atoms. The maximum atomic E-state index is 12.7. The van der Waals surface area contributed by atoms with Crippen molar-refractivity contribution < 1.29 is 23.9 Å². The number of carbonyl (C=O) groups is 3. The lowest BCUT2D eigenvalue weighted by Gasteiger charge is -2.31. The lowest BCUT2D eigenvalue weighted by Crippen LogP contribution is -2.46. The molecule has 0 saturated carbocycles.